The Labute approximate surface area is 101 Å². The second kappa shape index (κ2) is 4.41. The van der Waals surface area contributed by atoms with E-state index in [-0.39, 0.29) is 0 Å². The predicted molar refractivity (Wildman–Crippen MR) is 59.6 cm³/mol. The molecule has 0 bridgehead atoms. The average Bonchev–Trinajstić information content (AvgIpc) is 2.29. The molecule has 1 atom stereocenters. The zero-order chi connectivity index (χ0) is 12.5. The maximum absolute atomic E-state index is 12.3. The van der Waals surface area contributed by atoms with E-state index in [9.17, 15) is 13.2 Å². The summed E-state index contributed by atoms with van der Waals surface area (Å²) in [4.78, 5) is 5.00. The van der Waals surface area contributed by atoms with Crippen LogP contribution in [0, 0.1) is 0 Å². The summed E-state index contributed by atoms with van der Waals surface area (Å²) >= 11 is 5.98. The van der Waals surface area contributed by atoms with Crippen LogP contribution in [0.15, 0.2) is 42.8 Å². The molecule has 0 amide bonds. The van der Waals surface area contributed by atoms with Crippen molar-refractivity contribution in [2.75, 3.05) is 4.90 Å². The van der Waals surface area contributed by atoms with Gasteiger partial charge in [0, 0.05) is 6.20 Å². The van der Waals surface area contributed by atoms with Crippen molar-refractivity contribution in [1.82, 2.24) is 4.98 Å². The number of halogens is 4. The summed E-state index contributed by atoms with van der Waals surface area (Å²) in [6.45, 7) is 0. The minimum Gasteiger partial charge on any atom is -0.326 e. The molecule has 1 aliphatic heterocycles. The number of nitrogens with zero attached hydrogens (tertiary/aromatic N) is 2. The van der Waals surface area contributed by atoms with E-state index >= 15 is 0 Å². The van der Waals surface area contributed by atoms with Crippen LogP contribution in [0.3, 0.4) is 0 Å². The standard InChI is InChI=1S/C11H8ClF3N2/c12-10-3-1-2-6-17(10)8-4-5-9(16-7-8)11(13,14)15/h1-7,10H. The van der Waals surface area contributed by atoms with Gasteiger partial charge in [-0.05, 0) is 24.3 Å². The molecule has 90 valence electrons. The van der Waals surface area contributed by atoms with E-state index in [1.165, 1.54) is 6.07 Å². The average molecular weight is 261 g/mol. The zero-order valence-corrected chi connectivity index (χ0v) is 9.28. The summed E-state index contributed by atoms with van der Waals surface area (Å²) < 4.78 is 36.9. The Morgan fingerprint density at radius 1 is 1.24 bits per heavy atom. The first kappa shape index (κ1) is 12.0. The number of rotatable bonds is 1. The first-order chi connectivity index (χ1) is 7.98. The van der Waals surface area contributed by atoms with E-state index in [4.69, 9.17) is 11.6 Å². The van der Waals surface area contributed by atoms with Gasteiger partial charge in [0.15, 0.2) is 0 Å². The van der Waals surface area contributed by atoms with E-state index in [1.54, 1.807) is 29.3 Å². The van der Waals surface area contributed by atoms with E-state index in [1.807, 2.05) is 0 Å². The third-order valence-corrected chi connectivity index (χ3v) is 2.59. The number of allylic oxidation sites excluding steroid dienone is 2. The van der Waals surface area contributed by atoms with Crippen LogP contribution in [-0.2, 0) is 6.18 Å². The molecule has 0 saturated carbocycles. The SMILES string of the molecule is FC(F)(F)c1ccc(N2C=CC=CC2Cl)cn1. The molecule has 2 heterocycles. The fourth-order valence-corrected chi connectivity index (χ4v) is 1.67. The first-order valence-corrected chi connectivity index (χ1v) is 5.23. The molecule has 17 heavy (non-hydrogen) atoms. The molecule has 1 unspecified atom stereocenters. The van der Waals surface area contributed by atoms with Crippen LogP contribution < -0.4 is 4.90 Å². The first-order valence-electron chi connectivity index (χ1n) is 4.79. The van der Waals surface area contributed by atoms with Crippen LogP contribution in [0.4, 0.5) is 18.9 Å². The van der Waals surface area contributed by atoms with Crippen molar-refractivity contribution < 1.29 is 13.2 Å². The van der Waals surface area contributed by atoms with Gasteiger partial charge in [-0.1, -0.05) is 17.7 Å². The van der Waals surface area contributed by atoms with Gasteiger partial charge in [-0.2, -0.15) is 13.2 Å². The second-order valence-electron chi connectivity index (χ2n) is 3.41. The number of aromatic nitrogens is 1. The molecule has 0 fully saturated rings. The molecule has 0 saturated heterocycles. The van der Waals surface area contributed by atoms with Crippen molar-refractivity contribution in [3.63, 3.8) is 0 Å². The van der Waals surface area contributed by atoms with Gasteiger partial charge in [0.25, 0.3) is 0 Å². The number of alkyl halides is 4. The van der Waals surface area contributed by atoms with Gasteiger partial charge in [0.1, 0.15) is 11.2 Å². The summed E-state index contributed by atoms with van der Waals surface area (Å²) in [6.07, 6.45) is 3.65. The quantitative estimate of drug-likeness (QED) is 0.567. The van der Waals surface area contributed by atoms with Gasteiger partial charge < -0.3 is 4.90 Å². The van der Waals surface area contributed by atoms with E-state index in [0.717, 1.165) is 12.3 Å². The zero-order valence-electron chi connectivity index (χ0n) is 8.53. The van der Waals surface area contributed by atoms with Crippen LogP contribution in [0.5, 0.6) is 0 Å². The van der Waals surface area contributed by atoms with Gasteiger partial charge in [-0.25, -0.2) is 4.98 Å². The molecule has 2 rings (SSSR count). The Balaban J connectivity index is 2.24. The highest BCUT2D eigenvalue weighted by atomic mass is 35.5. The van der Waals surface area contributed by atoms with E-state index in [2.05, 4.69) is 4.98 Å². The molecule has 2 nitrogen and oxygen atoms in total. The van der Waals surface area contributed by atoms with Crippen LogP contribution in [0.1, 0.15) is 5.69 Å². The second-order valence-corrected chi connectivity index (χ2v) is 3.85. The van der Waals surface area contributed by atoms with Crippen molar-refractivity contribution in [3.05, 3.63) is 48.5 Å². The molecule has 6 heteroatoms. The minimum absolute atomic E-state index is 0.418. The molecular weight excluding hydrogens is 253 g/mol. The molecule has 0 aromatic carbocycles. The summed E-state index contributed by atoms with van der Waals surface area (Å²) in [5.41, 5.74) is -0.818. The van der Waals surface area contributed by atoms with E-state index in [0.29, 0.717) is 5.69 Å². The van der Waals surface area contributed by atoms with Gasteiger partial charge in [0.2, 0.25) is 0 Å². The highest BCUT2D eigenvalue weighted by Crippen LogP contribution is 2.29. The summed E-state index contributed by atoms with van der Waals surface area (Å²) in [6, 6.07) is 2.28. The number of pyridine rings is 1. The topological polar surface area (TPSA) is 16.1 Å². The van der Waals surface area contributed by atoms with Gasteiger partial charge >= 0.3 is 6.18 Å². The molecule has 1 aromatic heterocycles. The van der Waals surface area contributed by atoms with Gasteiger partial charge in [-0.15, -0.1) is 0 Å². The molecule has 1 aliphatic rings. The van der Waals surface area contributed by atoms with Crippen LogP contribution in [-0.4, -0.2) is 10.5 Å². The van der Waals surface area contributed by atoms with Gasteiger partial charge in [0.05, 0.1) is 11.9 Å². The molecular formula is C11H8ClF3N2. The lowest BCUT2D eigenvalue weighted by Crippen LogP contribution is -2.25. The van der Waals surface area contributed by atoms with Crippen LogP contribution >= 0.6 is 11.6 Å². The van der Waals surface area contributed by atoms with Crippen molar-refractivity contribution in [2.45, 2.75) is 11.7 Å². The maximum Gasteiger partial charge on any atom is 0.433 e. The smallest absolute Gasteiger partial charge is 0.326 e. The van der Waals surface area contributed by atoms with Crippen molar-refractivity contribution >= 4 is 17.3 Å². The Kier molecular flexibility index (Phi) is 3.11. The Morgan fingerprint density at radius 2 is 2.00 bits per heavy atom. The van der Waals surface area contributed by atoms with Crippen molar-refractivity contribution in [2.24, 2.45) is 0 Å². The molecule has 0 N–H and O–H groups in total. The Hall–Kier alpha value is -1.49. The number of hydrogen-bond donors (Lipinski definition) is 0. The van der Waals surface area contributed by atoms with E-state index < -0.39 is 17.4 Å². The highest BCUT2D eigenvalue weighted by molar-refractivity contribution is 6.23. The van der Waals surface area contributed by atoms with Crippen molar-refractivity contribution in [3.8, 4) is 0 Å². The molecule has 1 aromatic rings. The summed E-state index contributed by atoms with van der Waals surface area (Å²) in [7, 11) is 0. The van der Waals surface area contributed by atoms with Gasteiger partial charge in [-0.3, -0.25) is 0 Å². The van der Waals surface area contributed by atoms with Crippen LogP contribution in [0.2, 0.25) is 0 Å². The summed E-state index contributed by atoms with van der Waals surface area (Å²) in [5, 5.41) is 0. The maximum atomic E-state index is 12.3. The molecule has 0 spiro atoms. The lowest BCUT2D eigenvalue weighted by Gasteiger charge is -2.25. The summed E-state index contributed by atoms with van der Waals surface area (Å²) in [5.74, 6) is 0. The van der Waals surface area contributed by atoms with Crippen LogP contribution in [0.25, 0.3) is 0 Å². The monoisotopic (exact) mass is 260 g/mol. The lowest BCUT2D eigenvalue weighted by atomic mass is 10.2. The third-order valence-electron chi connectivity index (χ3n) is 2.23. The fraction of sp³-hybridized carbons (Fsp3) is 0.182. The lowest BCUT2D eigenvalue weighted by molar-refractivity contribution is -0.141. The number of anilines is 1. The van der Waals surface area contributed by atoms with Crippen molar-refractivity contribution in [1.29, 1.82) is 0 Å². The molecule has 0 aliphatic carbocycles. The number of hydrogen-bond acceptors (Lipinski definition) is 2. The predicted octanol–water partition coefficient (Wildman–Crippen LogP) is 3.56. The Bertz CT molecular complexity index is 451. The largest absolute Gasteiger partial charge is 0.433 e. The normalized spacial score (nSPS) is 19.8. The molecule has 0 radical (unpaired) electrons. The minimum atomic E-state index is -4.42. The third kappa shape index (κ3) is 2.61. The highest BCUT2D eigenvalue weighted by Gasteiger charge is 2.32. The Morgan fingerprint density at radius 3 is 2.53 bits per heavy atom. The fourth-order valence-electron chi connectivity index (χ4n) is 1.41.